The standard InChI is InChI=1S/C16H21FN2O3/c1-11-4-9-22-15(11)16(20)19(13-5-7-21-8-6-13)14-3-2-12(17)10-18-14/h2-3,10-11,13,15H,4-9H2,1H3/t11-,15+/m0/s1. The van der Waals surface area contributed by atoms with E-state index >= 15 is 0 Å². The summed E-state index contributed by atoms with van der Waals surface area (Å²) in [5.74, 6) is 0.195. The molecular weight excluding hydrogens is 287 g/mol. The van der Waals surface area contributed by atoms with E-state index in [4.69, 9.17) is 9.47 Å². The predicted octanol–water partition coefficient (Wildman–Crippen LogP) is 2.16. The number of amides is 1. The molecule has 2 aliphatic heterocycles. The fourth-order valence-corrected chi connectivity index (χ4v) is 3.08. The minimum Gasteiger partial charge on any atom is -0.381 e. The molecule has 2 saturated heterocycles. The third-order valence-corrected chi connectivity index (χ3v) is 4.38. The Balaban J connectivity index is 1.87. The summed E-state index contributed by atoms with van der Waals surface area (Å²) in [6.45, 7) is 3.87. The number of pyridine rings is 1. The summed E-state index contributed by atoms with van der Waals surface area (Å²) in [4.78, 5) is 18.8. The van der Waals surface area contributed by atoms with Crippen molar-refractivity contribution < 1.29 is 18.7 Å². The molecule has 0 radical (unpaired) electrons. The van der Waals surface area contributed by atoms with Crippen LogP contribution in [0.15, 0.2) is 18.3 Å². The fraction of sp³-hybridized carbons (Fsp3) is 0.625. The maximum Gasteiger partial charge on any atom is 0.257 e. The van der Waals surface area contributed by atoms with E-state index in [9.17, 15) is 9.18 Å². The summed E-state index contributed by atoms with van der Waals surface area (Å²) < 4.78 is 24.1. The highest BCUT2D eigenvalue weighted by Gasteiger charge is 2.38. The van der Waals surface area contributed by atoms with Gasteiger partial charge in [0.15, 0.2) is 0 Å². The topological polar surface area (TPSA) is 51.7 Å². The van der Waals surface area contributed by atoms with E-state index < -0.39 is 11.9 Å². The Bertz CT molecular complexity index is 517. The normalized spacial score (nSPS) is 26.1. The Labute approximate surface area is 129 Å². The van der Waals surface area contributed by atoms with Crippen LogP contribution in [-0.4, -0.2) is 42.9 Å². The number of halogens is 1. The summed E-state index contributed by atoms with van der Waals surface area (Å²) in [6, 6.07) is 2.92. The molecule has 0 unspecified atom stereocenters. The van der Waals surface area contributed by atoms with Gasteiger partial charge in [-0.2, -0.15) is 0 Å². The molecule has 22 heavy (non-hydrogen) atoms. The molecule has 2 aliphatic rings. The lowest BCUT2D eigenvalue weighted by Crippen LogP contribution is -2.49. The van der Waals surface area contributed by atoms with Crippen molar-refractivity contribution in [1.29, 1.82) is 0 Å². The van der Waals surface area contributed by atoms with Crippen LogP contribution in [0.25, 0.3) is 0 Å². The Morgan fingerprint density at radius 3 is 2.64 bits per heavy atom. The lowest BCUT2D eigenvalue weighted by Gasteiger charge is -2.35. The van der Waals surface area contributed by atoms with Gasteiger partial charge in [-0.05, 0) is 37.3 Å². The molecular formula is C16H21FN2O3. The molecule has 0 aromatic carbocycles. The van der Waals surface area contributed by atoms with Gasteiger partial charge in [0.1, 0.15) is 17.7 Å². The average molecular weight is 308 g/mol. The monoisotopic (exact) mass is 308 g/mol. The van der Waals surface area contributed by atoms with Crippen LogP contribution in [0.2, 0.25) is 0 Å². The lowest BCUT2D eigenvalue weighted by atomic mass is 10.0. The van der Waals surface area contributed by atoms with E-state index in [0.29, 0.717) is 25.6 Å². The van der Waals surface area contributed by atoms with Crippen molar-refractivity contribution in [3.8, 4) is 0 Å². The van der Waals surface area contributed by atoms with Crippen LogP contribution in [0, 0.1) is 11.7 Å². The summed E-state index contributed by atoms with van der Waals surface area (Å²) >= 11 is 0. The first kappa shape index (κ1) is 15.4. The fourth-order valence-electron chi connectivity index (χ4n) is 3.08. The van der Waals surface area contributed by atoms with Crippen LogP contribution in [-0.2, 0) is 14.3 Å². The molecule has 3 heterocycles. The number of nitrogens with zero attached hydrogens (tertiary/aromatic N) is 2. The van der Waals surface area contributed by atoms with Crippen molar-refractivity contribution in [2.45, 2.75) is 38.3 Å². The van der Waals surface area contributed by atoms with E-state index in [1.54, 1.807) is 11.0 Å². The van der Waals surface area contributed by atoms with Crippen LogP contribution < -0.4 is 4.90 Å². The van der Waals surface area contributed by atoms with Crippen LogP contribution in [0.1, 0.15) is 26.2 Å². The van der Waals surface area contributed by atoms with E-state index in [-0.39, 0.29) is 17.9 Å². The minimum absolute atomic E-state index is 0.0237. The van der Waals surface area contributed by atoms with Gasteiger partial charge in [-0.25, -0.2) is 9.37 Å². The zero-order valence-electron chi connectivity index (χ0n) is 12.7. The Morgan fingerprint density at radius 2 is 2.05 bits per heavy atom. The van der Waals surface area contributed by atoms with Crippen molar-refractivity contribution in [3.05, 3.63) is 24.1 Å². The summed E-state index contributed by atoms with van der Waals surface area (Å²) in [6.07, 6.45) is 3.11. The van der Waals surface area contributed by atoms with E-state index in [0.717, 1.165) is 25.5 Å². The number of carbonyl (C=O) groups is 1. The highest BCUT2D eigenvalue weighted by Crippen LogP contribution is 2.28. The van der Waals surface area contributed by atoms with Crippen LogP contribution in [0.4, 0.5) is 10.2 Å². The smallest absolute Gasteiger partial charge is 0.257 e. The Kier molecular flexibility index (Phi) is 4.69. The SMILES string of the molecule is C[C@H]1CCO[C@H]1C(=O)N(c1ccc(F)cn1)C1CCOCC1. The molecule has 0 N–H and O–H groups in total. The molecule has 2 fully saturated rings. The summed E-state index contributed by atoms with van der Waals surface area (Å²) in [7, 11) is 0. The van der Waals surface area contributed by atoms with Crippen LogP contribution >= 0.6 is 0 Å². The zero-order chi connectivity index (χ0) is 15.5. The van der Waals surface area contributed by atoms with Crippen molar-refractivity contribution in [1.82, 2.24) is 4.98 Å². The van der Waals surface area contributed by atoms with Crippen molar-refractivity contribution in [3.63, 3.8) is 0 Å². The number of ether oxygens (including phenoxy) is 2. The first-order valence-electron chi connectivity index (χ1n) is 7.81. The number of hydrogen-bond donors (Lipinski definition) is 0. The van der Waals surface area contributed by atoms with Gasteiger partial charge in [-0.1, -0.05) is 6.92 Å². The second kappa shape index (κ2) is 6.71. The Hall–Kier alpha value is -1.53. The molecule has 2 atom stereocenters. The van der Waals surface area contributed by atoms with Crippen molar-refractivity contribution >= 4 is 11.7 Å². The molecule has 3 rings (SSSR count). The predicted molar refractivity (Wildman–Crippen MR) is 79.0 cm³/mol. The molecule has 0 aliphatic carbocycles. The molecule has 1 aromatic rings. The van der Waals surface area contributed by atoms with Gasteiger partial charge >= 0.3 is 0 Å². The highest BCUT2D eigenvalue weighted by atomic mass is 19.1. The maximum atomic E-state index is 13.1. The number of rotatable bonds is 3. The largest absolute Gasteiger partial charge is 0.381 e. The second-order valence-corrected chi connectivity index (χ2v) is 5.94. The molecule has 0 saturated carbocycles. The highest BCUT2D eigenvalue weighted by molar-refractivity contribution is 5.96. The first-order valence-corrected chi connectivity index (χ1v) is 7.81. The van der Waals surface area contributed by atoms with Crippen LogP contribution in [0.3, 0.4) is 0 Å². The molecule has 5 nitrogen and oxygen atoms in total. The number of carbonyl (C=O) groups excluding carboxylic acids is 1. The molecule has 0 bridgehead atoms. The van der Waals surface area contributed by atoms with Gasteiger partial charge in [0, 0.05) is 25.9 Å². The Morgan fingerprint density at radius 1 is 1.27 bits per heavy atom. The zero-order valence-corrected chi connectivity index (χ0v) is 12.7. The van der Waals surface area contributed by atoms with Crippen molar-refractivity contribution in [2.24, 2.45) is 5.92 Å². The van der Waals surface area contributed by atoms with Gasteiger partial charge in [0.05, 0.1) is 6.20 Å². The van der Waals surface area contributed by atoms with Gasteiger partial charge in [0.2, 0.25) is 0 Å². The van der Waals surface area contributed by atoms with Gasteiger partial charge in [0.25, 0.3) is 5.91 Å². The molecule has 0 spiro atoms. The van der Waals surface area contributed by atoms with E-state index in [1.165, 1.54) is 6.07 Å². The van der Waals surface area contributed by atoms with Gasteiger partial charge in [-0.3, -0.25) is 9.69 Å². The molecule has 6 heteroatoms. The lowest BCUT2D eigenvalue weighted by molar-refractivity contribution is -0.129. The summed E-state index contributed by atoms with van der Waals surface area (Å²) in [5, 5.41) is 0. The molecule has 1 aromatic heterocycles. The quantitative estimate of drug-likeness (QED) is 0.858. The summed E-state index contributed by atoms with van der Waals surface area (Å²) in [5.41, 5.74) is 0. The number of aromatic nitrogens is 1. The van der Waals surface area contributed by atoms with Gasteiger partial charge < -0.3 is 9.47 Å². The van der Waals surface area contributed by atoms with E-state index in [2.05, 4.69) is 4.98 Å². The first-order chi connectivity index (χ1) is 10.7. The van der Waals surface area contributed by atoms with Crippen LogP contribution in [0.5, 0.6) is 0 Å². The van der Waals surface area contributed by atoms with Crippen molar-refractivity contribution in [2.75, 3.05) is 24.7 Å². The second-order valence-electron chi connectivity index (χ2n) is 5.94. The van der Waals surface area contributed by atoms with E-state index in [1.807, 2.05) is 6.92 Å². The number of anilines is 1. The third-order valence-electron chi connectivity index (χ3n) is 4.38. The number of hydrogen-bond acceptors (Lipinski definition) is 4. The van der Waals surface area contributed by atoms with Gasteiger partial charge in [-0.15, -0.1) is 0 Å². The third kappa shape index (κ3) is 3.13. The average Bonchev–Trinajstić information content (AvgIpc) is 2.96. The minimum atomic E-state index is -0.435. The molecule has 120 valence electrons. The maximum absolute atomic E-state index is 13.1. The molecule has 1 amide bonds.